The second-order valence-corrected chi connectivity index (χ2v) is 6.30. The smallest absolute Gasteiger partial charge is 0.347 e. The van der Waals surface area contributed by atoms with E-state index in [2.05, 4.69) is 20.9 Å². The van der Waals surface area contributed by atoms with Gasteiger partial charge in [-0.1, -0.05) is 0 Å². The van der Waals surface area contributed by atoms with Gasteiger partial charge in [0.05, 0.1) is 10.2 Å². The van der Waals surface area contributed by atoms with Crippen LogP contribution in [0.4, 0.5) is 4.39 Å². The van der Waals surface area contributed by atoms with Crippen LogP contribution in [0.25, 0.3) is 10.6 Å². The van der Waals surface area contributed by atoms with Gasteiger partial charge in [0.2, 0.25) is 0 Å². The van der Waals surface area contributed by atoms with E-state index in [9.17, 15) is 14.3 Å². The Morgan fingerprint density at radius 3 is 2.79 bits per heavy atom. The Bertz CT molecular complexity index is 667. The summed E-state index contributed by atoms with van der Waals surface area (Å²) >= 11 is 4.27. The maximum atomic E-state index is 13.2. The Hall–Kier alpha value is -1.27. The molecule has 0 spiro atoms. The number of benzene rings is 1. The fraction of sp³-hybridized carbons (Fsp3) is 0.231. The lowest BCUT2D eigenvalue weighted by Gasteiger charge is -1.98. The van der Waals surface area contributed by atoms with E-state index in [0.29, 0.717) is 20.1 Å². The summed E-state index contributed by atoms with van der Waals surface area (Å²) in [5.74, 6) is -1.01. The van der Waals surface area contributed by atoms with Gasteiger partial charge in [-0.05, 0) is 47.0 Å². The molecule has 0 bridgehead atoms. The van der Waals surface area contributed by atoms with Crippen molar-refractivity contribution in [3.63, 3.8) is 0 Å². The molecule has 0 atom stereocenters. The summed E-state index contributed by atoms with van der Waals surface area (Å²) in [5.41, 5.74) is 1.40. The number of hydrogen-bond acceptors (Lipinski definition) is 3. The van der Waals surface area contributed by atoms with Crippen LogP contribution in [0.15, 0.2) is 22.7 Å². The molecule has 0 amide bonds. The Labute approximate surface area is 121 Å². The average Bonchev–Trinajstić information content (AvgIpc) is 3.11. The predicted molar refractivity (Wildman–Crippen MR) is 74.1 cm³/mol. The Morgan fingerprint density at radius 2 is 2.21 bits per heavy atom. The first-order valence-electron chi connectivity index (χ1n) is 5.75. The monoisotopic (exact) mass is 341 g/mol. The topological polar surface area (TPSA) is 50.2 Å². The maximum Gasteiger partial charge on any atom is 0.347 e. The van der Waals surface area contributed by atoms with Crippen molar-refractivity contribution < 1.29 is 14.3 Å². The molecule has 1 aromatic heterocycles. The van der Waals surface area contributed by atoms with Gasteiger partial charge >= 0.3 is 5.97 Å². The van der Waals surface area contributed by atoms with E-state index in [0.717, 1.165) is 29.7 Å². The number of rotatable bonds is 3. The molecule has 0 saturated heterocycles. The summed E-state index contributed by atoms with van der Waals surface area (Å²) in [4.78, 5) is 16.0. The summed E-state index contributed by atoms with van der Waals surface area (Å²) in [6.45, 7) is 0. The second-order valence-electron chi connectivity index (χ2n) is 4.44. The summed E-state index contributed by atoms with van der Waals surface area (Å²) in [6.07, 6.45) is 1.99. The van der Waals surface area contributed by atoms with Crippen molar-refractivity contribution in [3.8, 4) is 10.6 Å². The van der Waals surface area contributed by atoms with Crippen LogP contribution < -0.4 is 0 Å². The fourth-order valence-electron chi connectivity index (χ4n) is 1.87. The molecule has 1 N–H and O–H groups in total. The molecule has 19 heavy (non-hydrogen) atoms. The highest BCUT2D eigenvalue weighted by Gasteiger charge is 2.32. The number of carbonyl (C=O) groups is 1. The van der Waals surface area contributed by atoms with Crippen molar-refractivity contribution in [1.82, 2.24) is 4.98 Å². The zero-order valence-corrected chi connectivity index (χ0v) is 12.1. The summed E-state index contributed by atoms with van der Waals surface area (Å²) in [6, 6.07) is 4.58. The largest absolute Gasteiger partial charge is 0.477 e. The number of hydrogen-bond donors (Lipinski definition) is 1. The van der Waals surface area contributed by atoms with Gasteiger partial charge in [-0.25, -0.2) is 14.2 Å². The number of halogens is 2. The molecule has 0 unspecified atom stereocenters. The first kappa shape index (κ1) is 12.7. The van der Waals surface area contributed by atoms with E-state index in [1.165, 1.54) is 6.07 Å². The number of aromatic carboxylic acids is 1. The number of carboxylic acids is 1. The maximum absolute atomic E-state index is 13.2. The van der Waals surface area contributed by atoms with Crippen LogP contribution in [0.3, 0.4) is 0 Å². The van der Waals surface area contributed by atoms with E-state index in [-0.39, 0.29) is 11.7 Å². The van der Waals surface area contributed by atoms with Crippen molar-refractivity contribution in [2.75, 3.05) is 0 Å². The number of aromatic nitrogens is 1. The van der Waals surface area contributed by atoms with Crippen molar-refractivity contribution in [2.45, 2.75) is 18.8 Å². The lowest BCUT2D eigenvalue weighted by molar-refractivity contribution is 0.0700. The minimum atomic E-state index is -0.938. The van der Waals surface area contributed by atoms with E-state index >= 15 is 0 Å². The number of carboxylic acid groups (broad SMARTS) is 1. The van der Waals surface area contributed by atoms with Crippen LogP contribution in [0.2, 0.25) is 0 Å². The zero-order valence-electron chi connectivity index (χ0n) is 9.69. The molecular weight excluding hydrogens is 333 g/mol. The van der Waals surface area contributed by atoms with E-state index < -0.39 is 5.97 Å². The first-order valence-corrected chi connectivity index (χ1v) is 7.36. The molecule has 98 valence electrons. The standard InChI is InChI=1S/C13H9BrFNO2S/c14-8-5-7(3-4-9(8)15)12-16-10(6-1-2-6)11(19-12)13(17)18/h3-6H,1-2H2,(H,17,18). The molecule has 1 aliphatic rings. The van der Waals surface area contributed by atoms with Gasteiger partial charge in [0, 0.05) is 11.5 Å². The number of thiazole rings is 1. The number of nitrogens with zero attached hydrogens (tertiary/aromatic N) is 1. The fourth-order valence-corrected chi connectivity index (χ4v) is 3.24. The van der Waals surface area contributed by atoms with Gasteiger partial charge in [-0.3, -0.25) is 0 Å². The van der Waals surface area contributed by atoms with Crippen LogP contribution in [-0.2, 0) is 0 Å². The molecule has 1 saturated carbocycles. The van der Waals surface area contributed by atoms with Crippen molar-refractivity contribution in [3.05, 3.63) is 39.1 Å². The molecule has 2 aromatic rings. The lowest BCUT2D eigenvalue weighted by atomic mass is 10.2. The zero-order chi connectivity index (χ0) is 13.6. The average molecular weight is 342 g/mol. The van der Waals surface area contributed by atoms with E-state index in [4.69, 9.17) is 0 Å². The van der Waals surface area contributed by atoms with Gasteiger partial charge in [0.1, 0.15) is 15.7 Å². The first-order chi connectivity index (χ1) is 9.06. The molecule has 1 aromatic carbocycles. The molecule has 0 radical (unpaired) electrons. The van der Waals surface area contributed by atoms with Crippen molar-refractivity contribution in [2.24, 2.45) is 0 Å². The van der Waals surface area contributed by atoms with Gasteiger partial charge in [-0.15, -0.1) is 11.3 Å². The second kappa shape index (κ2) is 4.68. The van der Waals surface area contributed by atoms with E-state index in [1.54, 1.807) is 12.1 Å². The van der Waals surface area contributed by atoms with Crippen LogP contribution in [0.1, 0.15) is 34.1 Å². The minimum absolute atomic E-state index is 0.278. The summed E-state index contributed by atoms with van der Waals surface area (Å²) in [7, 11) is 0. The molecule has 1 aliphatic carbocycles. The van der Waals surface area contributed by atoms with Gasteiger partial charge in [0.25, 0.3) is 0 Å². The molecule has 1 heterocycles. The van der Waals surface area contributed by atoms with Crippen molar-refractivity contribution >= 4 is 33.2 Å². The molecule has 3 rings (SSSR count). The van der Waals surface area contributed by atoms with Crippen molar-refractivity contribution in [1.29, 1.82) is 0 Å². The van der Waals surface area contributed by atoms with Crippen LogP contribution in [0.5, 0.6) is 0 Å². The van der Waals surface area contributed by atoms with Crippen LogP contribution in [-0.4, -0.2) is 16.1 Å². The third-order valence-corrected chi connectivity index (χ3v) is 4.69. The summed E-state index contributed by atoms with van der Waals surface area (Å²) < 4.78 is 13.6. The summed E-state index contributed by atoms with van der Waals surface area (Å²) in [5, 5.41) is 9.83. The van der Waals surface area contributed by atoms with Gasteiger partial charge in [-0.2, -0.15) is 0 Å². The van der Waals surface area contributed by atoms with Gasteiger partial charge in [0.15, 0.2) is 0 Å². The molecule has 3 nitrogen and oxygen atoms in total. The normalized spacial score (nSPS) is 14.6. The van der Waals surface area contributed by atoms with Gasteiger partial charge < -0.3 is 5.11 Å². The molecule has 6 heteroatoms. The highest BCUT2D eigenvalue weighted by Crippen LogP contribution is 2.44. The Kier molecular flexibility index (Phi) is 3.14. The molecule has 1 fully saturated rings. The highest BCUT2D eigenvalue weighted by atomic mass is 79.9. The minimum Gasteiger partial charge on any atom is -0.477 e. The third-order valence-electron chi connectivity index (χ3n) is 2.98. The predicted octanol–water partition coefficient (Wildman–Crippen LogP) is 4.29. The quantitative estimate of drug-likeness (QED) is 0.905. The third kappa shape index (κ3) is 2.42. The molecular formula is C13H9BrFNO2S. The SMILES string of the molecule is O=C(O)c1sc(-c2ccc(F)c(Br)c2)nc1C1CC1. The van der Waals surface area contributed by atoms with Crippen LogP contribution in [0, 0.1) is 5.82 Å². The molecule has 0 aliphatic heterocycles. The highest BCUT2D eigenvalue weighted by molar-refractivity contribution is 9.10. The van der Waals surface area contributed by atoms with E-state index in [1.807, 2.05) is 0 Å². The van der Waals surface area contributed by atoms with Crippen LogP contribution >= 0.6 is 27.3 Å². The Morgan fingerprint density at radius 1 is 1.47 bits per heavy atom. The lowest BCUT2D eigenvalue weighted by Crippen LogP contribution is -1.97. The Balaban J connectivity index is 2.07.